The van der Waals surface area contributed by atoms with Crippen molar-refractivity contribution in [2.75, 3.05) is 13.2 Å². The van der Waals surface area contributed by atoms with Crippen LogP contribution in [0.2, 0.25) is 0 Å². The average molecular weight is 513 g/mol. The smallest absolute Gasteiger partial charge is 0.338 e. The SMILES string of the molecule is C=CC(=O)OCCCCCCOC(=O)c1ccc(OC(=O)[C@H]2CC[C@H](C3CCC(CC)CC3)CC2)cc1. The predicted molar refractivity (Wildman–Crippen MR) is 143 cm³/mol. The van der Waals surface area contributed by atoms with Crippen molar-refractivity contribution in [2.24, 2.45) is 23.7 Å². The van der Waals surface area contributed by atoms with Gasteiger partial charge < -0.3 is 14.2 Å². The van der Waals surface area contributed by atoms with Crippen molar-refractivity contribution in [3.8, 4) is 5.75 Å². The van der Waals surface area contributed by atoms with Crippen LogP contribution in [0, 0.1) is 23.7 Å². The summed E-state index contributed by atoms with van der Waals surface area (Å²) < 4.78 is 15.9. The molecule has 2 aliphatic carbocycles. The third-order valence-corrected chi connectivity index (χ3v) is 8.23. The van der Waals surface area contributed by atoms with Crippen molar-refractivity contribution >= 4 is 17.9 Å². The topological polar surface area (TPSA) is 78.9 Å². The van der Waals surface area contributed by atoms with E-state index in [-0.39, 0.29) is 17.9 Å². The average Bonchev–Trinajstić information content (AvgIpc) is 2.94. The van der Waals surface area contributed by atoms with Crippen LogP contribution in [0.4, 0.5) is 0 Å². The Morgan fingerprint density at radius 3 is 1.95 bits per heavy atom. The Hall–Kier alpha value is -2.63. The van der Waals surface area contributed by atoms with E-state index in [0.29, 0.717) is 24.5 Å². The number of esters is 3. The molecule has 0 aliphatic heterocycles. The fourth-order valence-electron chi connectivity index (χ4n) is 5.79. The molecule has 204 valence electrons. The van der Waals surface area contributed by atoms with Crippen LogP contribution in [0.1, 0.15) is 101 Å². The summed E-state index contributed by atoms with van der Waals surface area (Å²) in [6.45, 7) is 6.38. The van der Waals surface area contributed by atoms with E-state index in [1.54, 1.807) is 24.3 Å². The maximum Gasteiger partial charge on any atom is 0.338 e. The molecular weight excluding hydrogens is 468 g/mol. The number of benzene rings is 1. The lowest BCUT2D eigenvalue weighted by atomic mass is 9.69. The van der Waals surface area contributed by atoms with Gasteiger partial charge in [0.25, 0.3) is 0 Å². The summed E-state index contributed by atoms with van der Waals surface area (Å²) in [5.74, 6) is 2.05. The quantitative estimate of drug-likeness (QED) is 0.122. The van der Waals surface area contributed by atoms with Crippen LogP contribution in [-0.2, 0) is 19.1 Å². The van der Waals surface area contributed by atoms with Gasteiger partial charge in [0.1, 0.15) is 5.75 Å². The van der Waals surface area contributed by atoms with Gasteiger partial charge in [0.05, 0.1) is 24.7 Å². The normalized spacial score (nSPS) is 23.6. The van der Waals surface area contributed by atoms with Crippen LogP contribution in [-0.4, -0.2) is 31.1 Å². The lowest BCUT2D eigenvalue weighted by Crippen LogP contribution is -2.30. The number of rotatable bonds is 13. The van der Waals surface area contributed by atoms with Crippen molar-refractivity contribution in [1.82, 2.24) is 0 Å². The van der Waals surface area contributed by atoms with Crippen molar-refractivity contribution in [1.29, 1.82) is 0 Å². The molecule has 2 aliphatic rings. The fraction of sp³-hybridized carbons (Fsp3) is 0.645. The van der Waals surface area contributed by atoms with E-state index in [2.05, 4.69) is 13.5 Å². The van der Waals surface area contributed by atoms with E-state index in [0.717, 1.165) is 75.2 Å². The maximum atomic E-state index is 12.7. The van der Waals surface area contributed by atoms with Gasteiger partial charge in [-0.15, -0.1) is 0 Å². The van der Waals surface area contributed by atoms with Gasteiger partial charge in [0.2, 0.25) is 0 Å². The Labute approximate surface area is 222 Å². The van der Waals surface area contributed by atoms with Gasteiger partial charge in [-0.05, 0) is 106 Å². The molecule has 2 fully saturated rings. The molecule has 1 aromatic carbocycles. The first-order chi connectivity index (χ1) is 18.0. The number of ether oxygens (including phenoxy) is 3. The van der Waals surface area contributed by atoms with Gasteiger partial charge in [-0.25, -0.2) is 9.59 Å². The monoisotopic (exact) mass is 512 g/mol. The summed E-state index contributed by atoms with van der Waals surface area (Å²) in [4.78, 5) is 36.0. The highest BCUT2D eigenvalue weighted by atomic mass is 16.5. The lowest BCUT2D eigenvalue weighted by molar-refractivity contribution is -0.140. The van der Waals surface area contributed by atoms with Crippen molar-refractivity contribution < 1.29 is 28.6 Å². The molecule has 0 atom stereocenters. The highest BCUT2D eigenvalue weighted by Gasteiger charge is 2.33. The second-order valence-corrected chi connectivity index (χ2v) is 10.7. The van der Waals surface area contributed by atoms with Gasteiger partial charge in [-0.1, -0.05) is 32.8 Å². The van der Waals surface area contributed by atoms with E-state index < -0.39 is 5.97 Å². The minimum absolute atomic E-state index is 0.0260. The zero-order chi connectivity index (χ0) is 26.5. The molecule has 0 amide bonds. The first-order valence-electron chi connectivity index (χ1n) is 14.3. The highest BCUT2D eigenvalue weighted by molar-refractivity contribution is 5.89. The Morgan fingerprint density at radius 2 is 1.38 bits per heavy atom. The van der Waals surface area contributed by atoms with Crippen molar-refractivity contribution in [3.05, 3.63) is 42.5 Å². The van der Waals surface area contributed by atoms with Crippen LogP contribution in [0.3, 0.4) is 0 Å². The Balaban J connectivity index is 1.30. The number of carbonyl (C=O) groups excluding carboxylic acids is 3. The first kappa shape index (κ1) is 28.9. The van der Waals surface area contributed by atoms with Crippen LogP contribution < -0.4 is 4.74 Å². The molecule has 0 spiro atoms. The molecule has 3 rings (SSSR count). The number of hydrogen-bond acceptors (Lipinski definition) is 6. The zero-order valence-corrected chi connectivity index (χ0v) is 22.5. The molecule has 0 radical (unpaired) electrons. The van der Waals surface area contributed by atoms with Gasteiger partial charge in [0.15, 0.2) is 0 Å². The van der Waals surface area contributed by atoms with E-state index in [1.807, 2.05) is 0 Å². The minimum Gasteiger partial charge on any atom is -0.463 e. The summed E-state index contributed by atoms with van der Waals surface area (Å²) in [5, 5.41) is 0. The van der Waals surface area contributed by atoms with E-state index in [9.17, 15) is 14.4 Å². The Kier molecular flexibility index (Phi) is 12.2. The van der Waals surface area contributed by atoms with Crippen molar-refractivity contribution in [3.63, 3.8) is 0 Å². The summed E-state index contributed by atoms with van der Waals surface area (Å²) >= 11 is 0. The number of hydrogen-bond donors (Lipinski definition) is 0. The molecule has 0 heterocycles. The van der Waals surface area contributed by atoms with Crippen LogP contribution in [0.15, 0.2) is 36.9 Å². The zero-order valence-electron chi connectivity index (χ0n) is 22.5. The largest absolute Gasteiger partial charge is 0.463 e. The standard InChI is InChI=1S/C31H44O6/c1-3-23-9-11-24(12-10-23)25-13-15-27(16-14-25)31(34)37-28-19-17-26(18-20-28)30(33)36-22-8-6-5-7-21-35-29(32)4-2/h4,17-20,23-25,27H,2-3,5-16,21-22H2,1H3/t23?,24?,25-,27-. The molecule has 6 nitrogen and oxygen atoms in total. The van der Waals surface area contributed by atoms with E-state index in [4.69, 9.17) is 14.2 Å². The third kappa shape index (κ3) is 9.64. The maximum absolute atomic E-state index is 12.7. The second-order valence-electron chi connectivity index (χ2n) is 10.7. The van der Waals surface area contributed by atoms with Gasteiger partial charge in [-0.3, -0.25) is 4.79 Å². The first-order valence-corrected chi connectivity index (χ1v) is 14.3. The van der Waals surface area contributed by atoms with Crippen molar-refractivity contribution in [2.45, 2.75) is 90.4 Å². The summed E-state index contributed by atoms with van der Waals surface area (Å²) in [5.41, 5.74) is 0.439. The molecule has 6 heteroatoms. The predicted octanol–water partition coefficient (Wildman–Crippen LogP) is 7.06. The molecule has 2 saturated carbocycles. The second kappa shape index (κ2) is 15.6. The summed E-state index contributed by atoms with van der Waals surface area (Å²) in [6.07, 6.45) is 15.4. The summed E-state index contributed by atoms with van der Waals surface area (Å²) in [7, 11) is 0. The number of carbonyl (C=O) groups is 3. The molecule has 0 saturated heterocycles. The van der Waals surface area contributed by atoms with Crippen LogP contribution in [0.25, 0.3) is 0 Å². The third-order valence-electron chi connectivity index (χ3n) is 8.23. The minimum atomic E-state index is -0.406. The number of unbranched alkanes of at least 4 members (excludes halogenated alkanes) is 3. The molecule has 0 aromatic heterocycles. The fourth-order valence-corrected chi connectivity index (χ4v) is 5.79. The van der Waals surface area contributed by atoms with Gasteiger partial charge in [-0.2, -0.15) is 0 Å². The molecular formula is C31H44O6. The lowest BCUT2D eigenvalue weighted by Gasteiger charge is -2.37. The van der Waals surface area contributed by atoms with Gasteiger partial charge >= 0.3 is 17.9 Å². The van der Waals surface area contributed by atoms with E-state index in [1.165, 1.54) is 32.1 Å². The van der Waals surface area contributed by atoms with Crippen LogP contribution in [0.5, 0.6) is 5.75 Å². The van der Waals surface area contributed by atoms with Gasteiger partial charge in [0, 0.05) is 6.08 Å². The molecule has 0 unspecified atom stereocenters. The molecule has 0 N–H and O–H groups in total. The Bertz CT molecular complexity index is 860. The molecule has 1 aromatic rings. The highest BCUT2D eigenvalue weighted by Crippen LogP contribution is 2.42. The molecule has 0 bridgehead atoms. The Morgan fingerprint density at radius 1 is 0.811 bits per heavy atom. The molecule has 37 heavy (non-hydrogen) atoms. The summed E-state index contributed by atoms with van der Waals surface area (Å²) in [6, 6.07) is 6.61. The van der Waals surface area contributed by atoms with E-state index >= 15 is 0 Å². The van der Waals surface area contributed by atoms with Crippen LogP contribution >= 0.6 is 0 Å².